The second-order valence-corrected chi connectivity index (χ2v) is 5.75. The van der Waals surface area contributed by atoms with Crippen molar-refractivity contribution in [2.45, 2.75) is 12.3 Å². The van der Waals surface area contributed by atoms with Gasteiger partial charge in [-0.1, -0.05) is 6.07 Å². The Labute approximate surface area is 101 Å². The summed E-state index contributed by atoms with van der Waals surface area (Å²) >= 11 is 5.62. The minimum Gasteiger partial charge on any atom is -0.290 e. The van der Waals surface area contributed by atoms with Crippen molar-refractivity contribution in [1.29, 1.82) is 0 Å². The molecule has 15 heavy (non-hydrogen) atoms. The van der Waals surface area contributed by atoms with Crippen LogP contribution in [0.15, 0.2) is 29.0 Å². The summed E-state index contributed by atoms with van der Waals surface area (Å²) in [6.45, 7) is 0. The third-order valence-corrected chi connectivity index (χ3v) is 4.61. The third-order valence-electron chi connectivity index (χ3n) is 2.83. The molecule has 1 unspecified atom stereocenters. The van der Waals surface area contributed by atoms with Gasteiger partial charge in [-0.15, -0.1) is 0 Å². The predicted molar refractivity (Wildman–Crippen MR) is 67.6 cm³/mol. The van der Waals surface area contributed by atoms with Crippen molar-refractivity contribution in [3.8, 4) is 0 Å². The molecule has 0 aromatic carbocycles. The monoisotopic (exact) mass is 282 g/mol. The fourth-order valence-corrected chi connectivity index (χ4v) is 3.81. The summed E-state index contributed by atoms with van der Waals surface area (Å²) in [5.74, 6) is 4.31. The quantitative estimate of drug-likeness (QED) is 0.747. The molecule has 2 aromatic heterocycles. The molecule has 3 rings (SSSR count). The van der Waals surface area contributed by atoms with E-state index in [1.807, 2.05) is 24.0 Å². The summed E-state index contributed by atoms with van der Waals surface area (Å²) in [5, 5.41) is 0. The molecular weight excluding hydrogens is 272 g/mol. The van der Waals surface area contributed by atoms with Gasteiger partial charge in [-0.25, -0.2) is 4.98 Å². The van der Waals surface area contributed by atoms with Crippen LogP contribution in [0, 0.1) is 0 Å². The van der Waals surface area contributed by atoms with Crippen LogP contribution < -0.4 is 0 Å². The first-order chi connectivity index (χ1) is 7.36. The Morgan fingerprint density at radius 2 is 2.40 bits per heavy atom. The van der Waals surface area contributed by atoms with Crippen LogP contribution in [0.3, 0.4) is 0 Å². The van der Waals surface area contributed by atoms with Crippen molar-refractivity contribution >= 4 is 33.2 Å². The Bertz CT molecular complexity index is 488. The number of aromatic nitrogens is 2. The van der Waals surface area contributed by atoms with Crippen molar-refractivity contribution in [1.82, 2.24) is 9.38 Å². The van der Waals surface area contributed by atoms with Gasteiger partial charge in [-0.2, -0.15) is 11.8 Å². The molecule has 0 bridgehead atoms. The summed E-state index contributed by atoms with van der Waals surface area (Å²) in [7, 11) is 0. The predicted octanol–water partition coefficient (Wildman–Crippen LogP) is 3.32. The molecule has 1 saturated heterocycles. The molecule has 2 nitrogen and oxygen atoms in total. The Morgan fingerprint density at radius 3 is 3.20 bits per heavy atom. The molecule has 1 aliphatic heterocycles. The SMILES string of the molecule is Brc1cccc2cnc(C3CCSC3)n12. The highest BCUT2D eigenvalue weighted by Gasteiger charge is 2.22. The topological polar surface area (TPSA) is 17.3 Å². The first-order valence-electron chi connectivity index (χ1n) is 5.06. The lowest BCUT2D eigenvalue weighted by Gasteiger charge is -2.08. The molecule has 1 aliphatic rings. The zero-order chi connectivity index (χ0) is 10.3. The van der Waals surface area contributed by atoms with Crippen LogP contribution in [0.2, 0.25) is 0 Å². The van der Waals surface area contributed by atoms with Crippen LogP contribution in [-0.2, 0) is 0 Å². The Hall–Kier alpha value is -0.480. The Morgan fingerprint density at radius 1 is 1.47 bits per heavy atom. The molecule has 3 heterocycles. The number of thioether (sulfide) groups is 1. The van der Waals surface area contributed by atoms with Crippen LogP contribution in [0.4, 0.5) is 0 Å². The highest BCUT2D eigenvalue weighted by atomic mass is 79.9. The van der Waals surface area contributed by atoms with Gasteiger partial charge in [0.2, 0.25) is 0 Å². The molecule has 78 valence electrons. The van der Waals surface area contributed by atoms with E-state index in [2.05, 4.69) is 37.4 Å². The van der Waals surface area contributed by atoms with Crippen molar-refractivity contribution in [3.63, 3.8) is 0 Å². The van der Waals surface area contributed by atoms with Gasteiger partial charge < -0.3 is 0 Å². The summed E-state index contributed by atoms with van der Waals surface area (Å²) in [6, 6.07) is 6.22. The molecule has 0 amide bonds. The summed E-state index contributed by atoms with van der Waals surface area (Å²) in [6.07, 6.45) is 3.22. The zero-order valence-electron chi connectivity index (χ0n) is 8.19. The maximum atomic E-state index is 4.56. The number of nitrogens with zero attached hydrogens (tertiary/aromatic N) is 2. The first-order valence-corrected chi connectivity index (χ1v) is 7.00. The van der Waals surface area contributed by atoms with E-state index in [9.17, 15) is 0 Å². The summed E-state index contributed by atoms with van der Waals surface area (Å²) in [4.78, 5) is 4.56. The number of hydrogen-bond acceptors (Lipinski definition) is 2. The smallest absolute Gasteiger partial charge is 0.118 e. The van der Waals surface area contributed by atoms with E-state index in [1.165, 1.54) is 29.3 Å². The molecule has 1 fully saturated rings. The highest BCUT2D eigenvalue weighted by Crippen LogP contribution is 2.32. The van der Waals surface area contributed by atoms with Crippen LogP contribution in [-0.4, -0.2) is 20.9 Å². The second-order valence-electron chi connectivity index (χ2n) is 3.79. The number of hydrogen-bond donors (Lipinski definition) is 0. The number of fused-ring (bicyclic) bond motifs is 1. The number of halogens is 1. The lowest BCUT2D eigenvalue weighted by Crippen LogP contribution is -2.03. The Balaban J connectivity index is 2.18. The van der Waals surface area contributed by atoms with Gasteiger partial charge in [0.15, 0.2) is 0 Å². The fourth-order valence-electron chi connectivity index (χ4n) is 2.06. The Kier molecular flexibility index (Phi) is 2.48. The zero-order valence-corrected chi connectivity index (χ0v) is 10.6. The van der Waals surface area contributed by atoms with Crippen LogP contribution in [0.1, 0.15) is 18.2 Å². The van der Waals surface area contributed by atoms with E-state index >= 15 is 0 Å². The average molecular weight is 283 g/mol. The first kappa shape index (κ1) is 9.73. The van der Waals surface area contributed by atoms with Crippen LogP contribution in [0.25, 0.3) is 5.52 Å². The second kappa shape index (κ2) is 3.83. The molecule has 4 heteroatoms. The van der Waals surface area contributed by atoms with E-state index in [0.717, 1.165) is 4.60 Å². The van der Waals surface area contributed by atoms with E-state index in [4.69, 9.17) is 0 Å². The molecule has 0 aliphatic carbocycles. The normalized spacial score (nSPS) is 21.3. The average Bonchev–Trinajstić information content (AvgIpc) is 2.85. The summed E-state index contributed by atoms with van der Waals surface area (Å²) < 4.78 is 3.32. The van der Waals surface area contributed by atoms with Gasteiger partial charge in [0, 0.05) is 11.7 Å². The molecule has 0 saturated carbocycles. The fraction of sp³-hybridized carbons (Fsp3) is 0.364. The van der Waals surface area contributed by atoms with E-state index in [-0.39, 0.29) is 0 Å². The number of rotatable bonds is 1. The van der Waals surface area contributed by atoms with E-state index in [1.54, 1.807) is 0 Å². The van der Waals surface area contributed by atoms with Crippen molar-refractivity contribution in [2.24, 2.45) is 0 Å². The molecule has 0 radical (unpaired) electrons. The minimum absolute atomic E-state index is 0.621. The molecule has 1 atom stereocenters. The van der Waals surface area contributed by atoms with Gasteiger partial charge in [0.1, 0.15) is 5.82 Å². The lowest BCUT2D eigenvalue weighted by molar-refractivity contribution is 0.710. The van der Waals surface area contributed by atoms with Gasteiger partial charge in [-0.05, 0) is 40.2 Å². The summed E-state index contributed by atoms with van der Waals surface area (Å²) in [5.41, 5.74) is 1.18. The molecule has 0 spiro atoms. The lowest BCUT2D eigenvalue weighted by atomic mass is 10.1. The van der Waals surface area contributed by atoms with Gasteiger partial charge in [-0.3, -0.25) is 4.40 Å². The van der Waals surface area contributed by atoms with Crippen LogP contribution in [0.5, 0.6) is 0 Å². The number of imidazole rings is 1. The van der Waals surface area contributed by atoms with Gasteiger partial charge in [0.05, 0.1) is 16.3 Å². The van der Waals surface area contributed by atoms with Crippen molar-refractivity contribution in [2.75, 3.05) is 11.5 Å². The molecule has 2 aromatic rings. The standard InChI is InChI=1S/C11H11BrN2S/c12-10-3-1-2-9-6-13-11(14(9)10)8-4-5-15-7-8/h1-3,6,8H,4-5,7H2. The largest absolute Gasteiger partial charge is 0.290 e. The van der Waals surface area contributed by atoms with E-state index < -0.39 is 0 Å². The number of pyridine rings is 1. The van der Waals surface area contributed by atoms with E-state index in [0.29, 0.717) is 5.92 Å². The van der Waals surface area contributed by atoms with Crippen molar-refractivity contribution < 1.29 is 0 Å². The third kappa shape index (κ3) is 1.60. The molecule has 0 N–H and O–H groups in total. The molecular formula is C11H11BrN2S. The van der Waals surface area contributed by atoms with Crippen LogP contribution >= 0.6 is 27.7 Å². The minimum atomic E-state index is 0.621. The van der Waals surface area contributed by atoms with Gasteiger partial charge >= 0.3 is 0 Å². The maximum Gasteiger partial charge on any atom is 0.118 e. The van der Waals surface area contributed by atoms with Crippen molar-refractivity contribution in [3.05, 3.63) is 34.8 Å². The highest BCUT2D eigenvalue weighted by molar-refractivity contribution is 9.10. The van der Waals surface area contributed by atoms with Gasteiger partial charge in [0.25, 0.3) is 0 Å². The maximum absolute atomic E-state index is 4.56.